The molecule has 1 heterocycles. The lowest BCUT2D eigenvalue weighted by atomic mass is 10.0. The van der Waals surface area contributed by atoms with Gasteiger partial charge in [0.2, 0.25) is 0 Å². The van der Waals surface area contributed by atoms with Crippen molar-refractivity contribution in [2.24, 2.45) is 0 Å². The van der Waals surface area contributed by atoms with Crippen molar-refractivity contribution in [1.82, 2.24) is 10.2 Å². The van der Waals surface area contributed by atoms with E-state index in [0.29, 0.717) is 0 Å². The van der Waals surface area contributed by atoms with E-state index in [1.807, 2.05) is 0 Å². The van der Waals surface area contributed by atoms with Gasteiger partial charge in [-0.3, -0.25) is 4.90 Å². The summed E-state index contributed by atoms with van der Waals surface area (Å²) in [7, 11) is 0. The highest BCUT2D eigenvalue weighted by Crippen LogP contribution is 2.27. The molecule has 1 aliphatic carbocycles. The van der Waals surface area contributed by atoms with Crippen LogP contribution in [0.25, 0.3) is 0 Å². The third-order valence-electron chi connectivity index (χ3n) is 4.10. The summed E-state index contributed by atoms with van der Waals surface area (Å²) in [5.41, 5.74) is 0. The number of piperidine rings is 1. The molecule has 0 bridgehead atoms. The Morgan fingerprint density at radius 2 is 2.06 bits per heavy atom. The molecule has 1 unspecified atom stereocenters. The van der Waals surface area contributed by atoms with E-state index < -0.39 is 0 Å². The van der Waals surface area contributed by atoms with Gasteiger partial charge in [0, 0.05) is 31.8 Å². The van der Waals surface area contributed by atoms with E-state index in [2.05, 4.69) is 17.1 Å². The minimum atomic E-state index is 0.731. The van der Waals surface area contributed by atoms with Crippen LogP contribution in [0.2, 0.25) is 0 Å². The van der Waals surface area contributed by atoms with Crippen LogP contribution in [-0.4, -0.2) is 49.8 Å². The minimum absolute atomic E-state index is 0.731. The highest BCUT2D eigenvalue weighted by atomic mass is 16.5. The molecule has 18 heavy (non-hydrogen) atoms. The number of nitrogens with zero attached hydrogens (tertiary/aromatic N) is 1. The summed E-state index contributed by atoms with van der Waals surface area (Å²) >= 11 is 0. The zero-order chi connectivity index (χ0) is 12.6. The van der Waals surface area contributed by atoms with Gasteiger partial charge in [-0.2, -0.15) is 0 Å². The summed E-state index contributed by atoms with van der Waals surface area (Å²) in [6, 6.07) is 1.60. The standard InChI is InChI=1S/C15H30N2O/c1-2-3-11-18-12-10-17(15-7-8-15)13-14-6-4-5-9-16-14/h14-16H,2-13H2,1H3. The van der Waals surface area contributed by atoms with E-state index in [4.69, 9.17) is 4.74 Å². The van der Waals surface area contributed by atoms with Crippen molar-refractivity contribution < 1.29 is 4.74 Å². The first kappa shape index (κ1) is 14.3. The van der Waals surface area contributed by atoms with E-state index in [1.54, 1.807) is 0 Å². The van der Waals surface area contributed by atoms with Crippen molar-refractivity contribution in [3.8, 4) is 0 Å². The SMILES string of the molecule is CCCCOCCN(CC1CCCCN1)C1CC1. The first-order valence-corrected chi connectivity index (χ1v) is 7.95. The van der Waals surface area contributed by atoms with Gasteiger partial charge in [0.05, 0.1) is 6.61 Å². The van der Waals surface area contributed by atoms with Crippen LogP contribution >= 0.6 is 0 Å². The molecule has 0 aromatic rings. The van der Waals surface area contributed by atoms with Gasteiger partial charge < -0.3 is 10.1 Å². The van der Waals surface area contributed by atoms with E-state index in [1.165, 1.54) is 58.0 Å². The van der Waals surface area contributed by atoms with Crippen molar-refractivity contribution >= 4 is 0 Å². The Balaban J connectivity index is 1.61. The van der Waals surface area contributed by atoms with E-state index >= 15 is 0 Å². The van der Waals surface area contributed by atoms with Crippen molar-refractivity contribution in [3.63, 3.8) is 0 Å². The second-order valence-electron chi connectivity index (χ2n) is 5.84. The molecule has 1 atom stereocenters. The van der Waals surface area contributed by atoms with Crippen LogP contribution < -0.4 is 5.32 Å². The summed E-state index contributed by atoms with van der Waals surface area (Å²) in [5, 5.41) is 3.66. The Bertz CT molecular complexity index is 213. The Morgan fingerprint density at radius 3 is 2.72 bits per heavy atom. The molecule has 3 nitrogen and oxygen atoms in total. The van der Waals surface area contributed by atoms with Gasteiger partial charge in [0.15, 0.2) is 0 Å². The average molecular weight is 254 g/mol. The third-order valence-corrected chi connectivity index (χ3v) is 4.10. The molecule has 0 amide bonds. The Morgan fingerprint density at radius 1 is 1.17 bits per heavy atom. The summed E-state index contributed by atoms with van der Waals surface area (Å²) in [4.78, 5) is 2.66. The van der Waals surface area contributed by atoms with Crippen LogP contribution in [0.5, 0.6) is 0 Å². The molecule has 2 rings (SSSR count). The van der Waals surface area contributed by atoms with E-state index in [-0.39, 0.29) is 0 Å². The maximum atomic E-state index is 5.71. The smallest absolute Gasteiger partial charge is 0.0593 e. The van der Waals surface area contributed by atoms with Gasteiger partial charge in [-0.15, -0.1) is 0 Å². The fraction of sp³-hybridized carbons (Fsp3) is 1.00. The summed E-state index contributed by atoms with van der Waals surface area (Å²) < 4.78 is 5.71. The summed E-state index contributed by atoms with van der Waals surface area (Å²) in [5.74, 6) is 0. The molecular formula is C15H30N2O. The Labute approximate surface area is 112 Å². The molecule has 1 saturated carbocycles. The molecule has 0 aromatic carbocycles. The number of hydrogen-bond acceptors (Lipinski definition) is 3. The first-order valence-electron chi connectivity index (χ1n) is 7.95. The van der Waals surface area contributed by atoms with Gasteiger partial charge in [0.1, 0.15) is 0 Å². The lowest BCUT2D eigenvalue weighted by Crippen LogP contribution is -2.45. The minimum Gasteiger partial charge on any atom is -0.380 e. The van der Waals surface area contributed by atoms with Gasteiger partial charge in [0.25, 0.3) is 0 Å². The van der Waals surface area contributed by atoms with Gasteiger partial charge in [-0.05, 0) is 38.6 Å². The van der Waals surface area contributed by atoms with Crippen LogP contribution in [0.4, 0.5) is 0 Å². The van der Waals surface area contributed by atoms with Crippen molar-refractivity contribution in [2.75, 3.05) is 32.8 Å². The predicted octanol–water partition coefficient (Wildman–Crippen LogP) is 2.41. The fourth-order valence-corrected chi connectivity index (χ4v) is 2.76. The van der Waals surface area contributed by atoms with Crippen LogP contribution in [-0.2, 0) is 4.74 Å². The molecule has 3 heteroatoms. The third kappa shape index (κ3) is 5.25. The topological polar surface area (TPSA) is 24.5 Å². The monoisotopic (exact) mass is 254 g/mol. The quantitative estimate of drug-likeness (QED) is 0.640. The molecule has 106 valence electrons. The number of unbranched alkanes of at least 4 members (excludes halogenated alkanes) is 1. The number of hydrogen-bond donors (Lipinski definition) is 1. The number of ether oxygens (including phenoxy) is 1. The lowest BCUT2D eigenvalue weighted by Gasteiger charge is -2.30. The molecule has 2 aliphatic rings. The van der Waals surface area contributed by atoms with Gasteiger partial charge >= 0.3 is 0 Å². The van der Waals surface area contributed by atoms with Gasteiger partial charge in [-0.1, -0.05) is 19.8 Å². The molecule has 1 saturated heterocycles. The number of rotatable bonds is 9. The van der Waals surface area contributed by atoms with Crippen LogP contribution in [0, 0.1) is 0 Å². The molecule has 0 radical (unpaired) electrons. The largest absolute Gasteiger partial charge is 0.380 e. The maximum Gasteiger partial charge on any atom is 0.0593 e. The van der Waals surface area contributed by atoms with E-state index in [0.717, 1.165) is 31.8 Å². The summed E-state index contributed by atoms with van der Waals surface area (Å²) in [6.07, 6.45) is 9.37. The lowest BCUT2D eigenvalue weighted by molar-refractivity contribution is 0.0932. The molecule has 0 aromatic heterocycles. The van der Waals surface area contributed by atoms with Crippen LogP contribution in [0.15, 0.2) is 0 Å². The maximum absolute atomic E-state index is 5.71. The fourth-order valence-electron chi connectivity index (χ4n) is 2.76. The van der Waals surface area contributed by atoms with Crippen molar-refractivity contribution in [1.29, 1.82) is 0 Å². The van der Waals surface area contributed by atoms with Crippen LogP contribution in [0.1, 0.15) is 51.9 Å². The second-order valence-corrected chi connectivity index (χ2v) is 5.84. The zero-order valence-electron chi connectivity index (χ0n) is 12.0. The normalized spacial score (nSPS) is 24.7. The van der Waals surface area contributed by atoms with Crippen LogP contribution in [0.3, 0.4) is 0 Å². The van der Waals surface area contributed by atoms with Gasteiger partial charge in [-0.25, -0.2) is 0 Å². The number of nitrogens with one attached hydrogen (secondary N) is 1. The zero-order valence-corrected chi connectivity index (χ0v) is 12.0. The molecular weight excluding hydrogens is 224 g/mol. The first-order chi connectivity index (χ1) is 8.90. The molecule has 1 aliphatic heterocycles. The average Bonchev–Trinajstić information content (AvgIpc) is 3.23. The highest BCUT2D eigenvalue weighted by Gasteiger charge is 2.30. The molecule has 1 N–H and O–H groups in total. The highest BCUT2D eigenvalue weighted by molar-refractivity contribution is 4.87. The molecule has 2 fully saturated rings. The summed E-state index contributed by atoms with van der Waals surface area (Å²) in [6.45, 7) is 7.67. The van der Waals surface area contributed by atoms with E-state index in [9.17, 15) is 0 Å². The Kier molecular flexibility index (Phi) is 6.46. The second kappa shape index (κ2) is 8.13. The Hall–Kier alpha value is -0.120. The van der Waals surface area contributed by atoms with Crippen molar-refractivity contribution in [2.45, 2.75) is 64.0 Å². The molecule has 0 spiro atoms. The van der Waals surface area contributed by atoms with Crippen molar-refractivity contribution in [3.05, 3.63) is 0 Å². The predicted molar refractivity (Wildman–Crippen MR) is 76.0 cm³/mol.